The van der Waals surface area contributed by atoms with Gasteiger partial charge in [0.1, 0.15) is 0 Å². The third-order valence-electron chi connectivity index (χ3n) is 5.06. The first-order valence-corrected chi connectivity index (χ1v) is 10.3. The molecule has 6 nitrogen and oxygen atoms in total. The summed E-state index contributed by atoms with van der Waals surface area (Å²) in [6, 6.07) is 12.0. The maximum Gasteiger partial charge on any atom is 0.411 e. The highest BCUT2D eigenvalue weighted by molar-refractivity contribution is 7.80. The number of hydrogen-bond acceptors (Lipinski definition) is 6. The van der Waals surface area contributed by atoms with Crippen molar-refractivity contribution in [1.82, 2.24) is 0 Å². The van der Waals surface area contributed by atoms with Gasteiger partial charge in [0.2, 0.25) is 0 Å². The van der Waals surface area contributed by atoms with Gasteiger partial charge in [-0.15, -0.1) is 12.6 Å². The summed E-state index contributed by atoms with van der Waals surface area (Å²) in [6.45, 7) is 2.79. The highest BCUT2D eigenvalue weighted by Crippen LogP contribution is 2.38. The van der Waals surface area contributed by atoms with Gasteiger partial charge in [-0.2, -0.15) is 0 Å². The van der Waals surface area contributed by atoms with Crippen LogP contribution < -0.4 is 16.4 Å². The summed E-state index contributed by atoms with van der Waals surface area (Å²) in [6.07, 6.45) is 2.44. The van der Waals surface area contributed by atoms with Crippen molar-refractivity contribution in [3.05, 3.63) is 47.5 Å². The SMILES string of the molecule is COCC(C)COC(=O)Nc1ccc2c(c1N)CCCC2Nc1cccc(S)c1. The Hall–Kier alpha value is -2.38. The van der Waals surface area contributed by atoms with Crippen molar-refractivity contribution in [2.75, 3.05) is 36.7 Å². The van der Waals surface area contributed by atoms with Gasteiger partial charge in [0.15, 0.2) is 0 Å². The van der Waals surface area contributed by atoms with Crippen LogP contribution in [0.5, 0.6) is 0 Å². The van der Waals surface area contributed by atoms with Gasteiger partial charge >= 0.3 is 6.09 Å². The van der Waals surface area contributed by atoms with Crippen LogP contribution in [0, 0.1) is 5.92 Å². The molecule has 0 saturated carbocycles. The maximum atomic E-state index is 12.1. The number of anilines is 3. The van der Waals surface area contributed by atoms with Crippen LogP contribution in [0.4, 0.5) is 21.9 Å². The summed E-state index contributed by atoms with van der Waals surface area (Å²) in [4.78, 5) is 13.0. The van der Waals surface area contributed by atoms with Crippen molar-refractivity contribution in [2.24, 2.45) is 5.92 Å². The fourth-order valence-corrected chi connectivity index (χ4v) is 3.90. The van der Waals surface area contributed by atoms with Crippen molar-refractivity contribution < 1.29 is 14.3 Å². The Morgan fingerprint density at radius 2 is 2.14 bits per heavy atom. The molecule has 0 heterocycles. The zero-order valence-corrected chi connectivity index (χ0v) is 17.8. The molecule has 2 aromatic carbocycles. The molecule has 7 heteroatoms. The molecule has 1 aliphatic rings. The minimum absolute atomic E-state index is 0.134. The molecule has 1 amide bonds. The van der Waals surface area contributed by atoms with Gasteiger partial charge in [-0.1, -0.05) is 19.1 Å². The number of carbonyl (C=O) groups excluding carboxylic acids is 1. The Morgan fingerprint density at radius 1 is 1.31 bits per heavy atom. The first-order valence-electron chi connectivity index (χ1n) is 9.87. The zero-order chi connectivity index (χ0) is 20.8. The maximum absolute atomic E-state index is 12.1. The van der Waals surface area contributed by atoms with Crippen LogP contribution in [-0.2, 0) is 15.9 Å². The van der Waals surface area contributed by atoms with Gasteiger partial charge in [-0.05, 0) is 54.7 Å². The molecule has 0 bridgehead atoms. The van der Waals surface area contributed by atoms with Crippen LogP contribution in [0.3, 0.4) is 0 Å². The van der Waals surface area contributed by atoms with E-state index in [1.807, 2.05) is 43.3 Å². The molecular weight excluding hydrogens is 386 g/mol. The first-order chi connectivity index (χ1) is 14.0. The number of methoxy groups -OCH3 is 1. The highest BCUT2D eigenvalue weighted by Gasteiger charge is 2.24. The monoisotopic (exact) mass is 415 g/mol. The molecule has 0 aliphatic heterocycles. The summed E-state index contributed by atoms with van der Waals surface area (Å²) < 4.78 is 10.3. The summed E-state index contributed by atoms with van der Waals surface area (Å²) in [5, 5.41) is 6.35. The average molecular weight is 416 g/mol. The molecule has 4 N–H and O–H groups in total. The minimum Gasteiger partial charge on any atom is -0.449 e. The van der Waals surface area contributed by atoms with Gasteiger partial charge in [-0.25, -0.2) is 4.79 Å². The molecular formula is C22H29N3O3S. The van der Waals surface area contributed by atoms with E-state index < -0.39 is 6.09 Å². The number of amides is 1. The van der Waals surface area contributed by atoms with E-state index in [9.17, 15) is 4.79 Å². The minimum atomic E-state index is -0.504. The molecule has 2 unspecified atom stereocenters. The van der Waals surface area contributed by atoms with Gasteiger partial charge < -0.3 is 20.5 Å². The fourth-order valence-electron chi connectivity index (χ4n) is 3.68. The molecule has 3 rings (SSSR count). The van der Waals surface area contributed by atoms with Gasteiger partial charge in [0, 0.05) is 23.6 Å². The van der Waals surface area contributed by atoms with Crippen molar-refractivity contribution >= 4 is 35.8 Å². The standard InChI is InChI=1S/C22H29N3O3S/c1-14(12-27-2)13-28-22(26)25-20-10-9-17-18(21(20)23)7-4-8-19(17)24-15-5-3-6-16(29)11-15/h3,5-6,9-11,14,19,24,29H,4,7-8,12-13,23H2,1-2H3,(H,25,26). The number of fused-ring (bicyclic) bond motifs is 1. The molecule has 0 aromatic heterocycles. The molecule has 2 atom stereocenters. The third-order valence-corrected chi connectivity index (χ3v) is 5.34. The summed E-state index contributed by atoms with van der Waals surface area (Å²) in [7, 11) is 1.63. The van der Waals surface area contributed by atoms with E-state index in [0.717, 1.165) is 35.4 Å². The lowest BCUT2D eigenvalue weighted by atomic mass is 9.86. The van der Waals surface area contributed by atoms with Crippen molar-refractivity contribution in [3.63, 3.8) is 0 Å². The second kappa shape index (κ2) is 9.89. The first kappa shape index (κ1) is 21.3. The number of nitrogens with one attached hydrogen (secondary N) is 2. The molecule has 0 radical (unpaired) electrons. The quantitative estimate of drug-likeness (QED) is 0.383. The number of nitrogen functional groups attached to an aromatic ring is 1. The molecule has 2 aromatic rings. The third kappa shape index (κ3) is 5.58. The number of rotatable bonds is 7. The number of benzene rings is 2. The van der Waals surface area contributed by atoms with Gasteiger partial charge in [0.25, 0.3) is 0 Å². The van der Waals surface area contributed by atoms with E-state index in [1.54, 1.807) is 7.11 Å². The normalized spacial score (nSPS) is 16.6. The van der Waals surface area contributed by atoms with Crippen LogP contribution in [0.25, 0.3) is 0 Å². The van der Waals surface area contributed by atoms with Crippen LogP contribution in [0.1, 0.15) is 36.9 Å². The lowest BCUT2D eigenvalue weighted by Gasteiger charge is -2.29. The Morgan fingerprint density at radius 3 is 2.90 bits per heavy atom. The summed E-state index contributed by atoms with van der Waals surface area (Å²) in [5.41, 5.74) is 10.9. The predicted molar refractivity (Wildman–Crippen MR) is 120 cm³/mol. The number of thiol groups is 1. The Labute approximate surface area is 177 Å². The molecule has 0 fully saturated rings. The second-order valence-corrected chi connectivity index (χ2v) is 8.03. The van der Waals surface area contributed by atoms with E-state index in [-0.39, 0.29) is 12.0 Å². The lowest BCUT2D eigenvalue weighted by Crippen LogP contribution is -2.22. The Balaban J connectivity index is 1.70. The summed E-state index contributed by atoms with van der Waals surface area (Å²) in [5.74, 6) is 0.134. The topological polar surface area (TPSA) is 85.6 Å². The van der Waals surface area contributed by atoms with E-state index in [0.29, 0.717) is 24.6 Å². The number of carbonyl (C=O) groups is 1. The van der Waals surface area contributed by atoms with Crippen LogP contribution in [0.2, 0.25) is 0 Å². The van der Waals surface area contributed by atoms with Crippen molar-refractivity contribution in [2.45, 2.75) is 37.1 Å². The molecule has 156 valence electrons. The van der Waals surface area contributed by atoms with Crippen molar-refractivity contribution in [1.29, 1.82) is 0 Å². The number of hydrogen-bond donors (Lipinski definition) is 4. The zero-order valence-electron chi connectivity index (χ0n) is 16.9. The van der Waals surface area contributed by atoms with Gasteiger partial charge in [-0.3, -0.25) is 5.32 Å². The molecule has 0 saturated heterocycles. The Bertz CT molecular complexity index is 859. The van der Waals surface area contributed by atoms with E-state index in [4.69, 9.17) is 15.2 Å². The average Bonchev–Trinajstić information content (AvgIpc) is 2.69. The molecule has 29 heavy (non-hydrogen) atoms. The van der Waals surface area contributed by atoms with Crippen molar-refractivity contribution in [3.8, 4) is 0 Å². The predicted octanol–water partition coefficient (Wildman–Crippen LogP) is 4.88. The van der Waals surface area contributed by atoms with Crippen LogP contribution >= 0.6 is 12.6 Å². The second-order valence-electron chi connectivity index (χ2n) is 7.52. The number of ether oxygens (including phenoxy) is 2. The van der Waals surface area contributed by atoms with E-state index in [2.05, 4.69) is 23.3 Å². The van der Waals surface area contributed by atoms with E-state index in [1.165, 1.54) is 5.56 Å². The smallest absolute Gasteiger partial charge is 0.411 e. The lowest BCUT2D eigenvalue weighted by molar-refractivity contribution is 0.0991. The molecule has 1 aliphatic carbocycles. The van der Waals surface area contributed by atoms with E-state index >= 15 is 0 Å². The van der Waals surface area contributed by atoms with Crippen LogP contribution in [0.15, 0.2) is 41.3 Å². The molecule has 0 spiro atoms. The Kier molecular flexibility index (Phi) is 7.28. The van der Waals surface area contributed by atoms with Crippen LogP contribution in [-0.4, -0.2) is 26.4 Å². The summed E-state index contributed by atoms with van der Waals surface area (Å²) >= 11 is 4.41. The highest BCUT2D eigenvalue weighted by atomic mass is 32.1. The fraction of sp³-hybridized carbons (Fsp3) is 0.409. The van der Waals surface area contributed by atoms with Gasteiger partial charge in [0.05, 0.1) is 30.6 Å². The number of nitrogens with two attached hydrogens (primary N) is 1. The largest absolute Gasteiger partial charge is 0.449 e.